The van der Waals surface area contributed by atoms with Gasteiger partial charge in [-0.1, -0.05) is 47.6 Å². The molecular formula is C46H62N8O4S. The van der Waals surface area contributed by atoms with Crippen molar-refractivity contribution < 1.29 is 19.1 Å². The van der Waals surface area contributed by atoms with Crippen LogP contribution >= 0.6 is 11.3 Å². The van der Waals surface area contributed by atoms with Crippen molar-refractivity contribution in [2.45, 2.75) is 112 Å². The highest BCUT2D eigenvalue weighted by Crippen LogP contribution is 2.43. The fourth-order valence-electron chi connectivity index (χ4n) is 9.31. The van der Waals surface area contributed by atoms with Crippen LogP contribution in [-0.2, 0) is 38.5 Å². The number of hydrogen-bond acceptors (Lipinski definition) is 10. The molecule has 2 saturated heterocycles. The van der Waals surface area contributed by atoms with Crippen LogP contribution in [0.5, 0.6) is 0 Å². The van der Waals surface area contributed by atoms with Crippen molar-refractivity contribution in [1.29, 1.82) is 0 Å². The first-order valence-electron chi connectivity index (χ1n) is 22.0. The van der Waals surface area contributed by atoms with Crippen LogP contribution in [0.4, 0.5) is 5.69 Å². The Morgan fingerprint density at radius 2 is 1.88 bits per heavy atom. The first-order valence-corrected chi connectivity index (χ1v) is 22.8. The fraction of sp³-hybridized carbons (Fsp3) is 0.587. The smallest absolute Gasteiger partial charge is 0.324 e. The van der Waals surface area contributed by atoms with Gasteiger partial charge in [-0.3, -0.25) is 29.3 Å². The van der Waals surface area contributed by atoms with E-state index in [1.54, 1.807) is 0 Å². The largest absolute Gasteiger partial charge is 0.464 e. The van der Waals surface area contributed by atoms with Crippen molar-refractivity contribution in [3.8, 4) is 22.5 Å². The van der Waals surface area contributed by atoms with Crippen LogP contribution in [0.15, 0.2) is 35.8 Å². The summed E-state index contributed by atoms with van der Waals surface area (Å²) in [6.45, 7) is 21.9. The second kappa shape index (κ2) is 17.0. The molecule has 6 heterocycles. The molecule has 4 aliphatic rings. The van der Waals surface area contributed by atoms with Crippen LogP contribution in [0, 0.1) is 17.3 Å². The van der Waals surface area contributed by atoms with Gasteiger partial charge in [0.25, 0.3) is 5.91 Å². The quantitative estimate of drug-likeness (QED) is 0.185. The highest BCUT2D eigenvalue weighted by molar-refractivity contribution is 7.10. The molecule has 3 aromatic heterocycles. The lowest BCUT2D eigenvalue weighted by Gasteiger charge is -2.36. The number of hydrogen-bond donors (Lipinski definition) is 2. The Labute approximate surface area is 353 Å². The fourth-order valence-corrected chi connectivity index (χ4v) is 10.2. The second-order valence-electron chi connectivity index (χ2n) is 18.4. The van der Waals surface area contributed by atoms with Crippen LogP contribution in [0.1, 0.15) is 96.3 Å². The number of ether oxygens (including phenoxy) is 1. The average molecular weight is 823 g/mol. The summed E-state index contributed by atoms with van der Waals surface area (Å²) in [4.78, 5) is 56.5. The van der Waals surface area contributed by atoms with E-state index in [1.807, 2.05) is 0 Å². The molecule has 4 atom stereocenters. The van der Waals surface area contributed by atoms with Gasteiger partial charge in [-0.05, 0) is 81.2 Å². The van der Waals surface area contributed by atoms with Crippen LogP contribution in [0.25, 0.3) is 33.4 Å². The summed E-state index contributed by atoms with van der Waals surface area (Å²) in [5, 5.41) is 8.55. The van der Waals surface area contributed by atoms with E-state index in [-0.39, 0.29) is 42.6 Å². The SMILES string of the molecule is CCCN1CCN(c2cnc(C(C)C)c(-c3c4c5cc(ccc5n3CC)-c3csc(n3)C[C@H](NC(=O)[C@H]3C[C@@H]3C)C(=O)N3CCC[C@H](N3)C(=O)OCC(C)(C)C4)c2)CC1. The molecule has 12 nitrogen and oxygen atoms in total. The number of nitrogens with zero attached hydrogens (tertiary/aromatic N) is 6. The lowest BCUT2D eigenvalue weighted by molar-refractivity contribution is -0.155. The van der Waals surface area contributed by atoms with E-state index in [4.69, 9.17) is 14.7 Å². The van der Waals surface area contributed by atoms with Crippen molar-refractivity contribution in [1.82, 2.24) is 35.2 Å². The lowest BCUT2D eigenvalue weighted by atomic mass is 9.84. The number of aromatic nitrogens is 3. The molecule has 0 spiro atoms. The Bertz CT molecular complexity index is 2200. The van der Waals surface area contributed by atoms with Crippen LogP contribution in [0.2, 0.25) is 0 Å². The maximum atomic E-state index is 14.1. The number of nitrogens with one attached hydrogen (secondary N) is 2. The van der Waals surface area contributed by atoms with Crippen LogP contribution < -0.4 is 15.6 Å². The van der Waals surface area contributed by atoms with E-state index < -0.39 is 17.5 Å². The Morgan fingerprint density at radius 3 is 2.59 bits per heavy atom. The number of thiazole rings is 1. The minimum atomic E-state index is -0.815. The van der Waals surface area contributed by atoms with Crippen molar-refractivity contribution in [2.75, 3.05) is 50.8 Å². The Morgan fingerprint density at radius 1 is 1.10 bits per heavy atom. The van der Waals surface area contributed by atoms with Gasteiger partial charge in [-0.15, -0.1) is 11.3 Å². The second-order valence-corrected chi connectivity index (χ2v) is 19.3. The van der Waals surface area contributed by atoms with Gasteiger partial charge in [0, 0.05) is 84.4 Å². The van der Waals surface area contributed by atoms with E-state index in [0.29, 0.717) is 31.7 Å². The molecule has 1 aromatic carbocycles. The van der Waals surface area contributed by atoms with Gasteiger partial charge in [-0.25, -0.2) is 10.4 Å². The molecule has 4 aromatic rings. The molecule has 0 radical (unpaired) electrons. The number of benzene rings is 1. The van der Waals surface area contributed by atoms with E-state index in [1.165, 1.54) is 27.6 Å². The molecule has 2 amide bonds. The minimum Gasteiger partial charge on any atom is -0.464 e. The summed E-state index contributed by atoms with van der Waals surface area (Å²) in [7, 11) is 0. The van der Waals surface area contributed by atoms with Crippen molar-refractivity contribution in [2.24, 2.45) is 17.3 Å². The number of hydrazine groups is 1. The van der Waals surface area contributed by atoms with Gasteiger partial charge < -0.3 is 19.5 Å². The molecule has 13 heteroatoms. The summed E-state index contributed by atoms with van der Waals surface area (Å²) in [5.74, 6) is -0.316. The Balaban J connectivity index is 1.24. The summed E-state index contributed by atoms with van der Waals surface area (Å²) in [6.07, 6.45) is 6.17. The highest BCUT2D eigenvalue weighted by Gasteiger charge is 2.42. The zero-order valence-electron chi connectivity index (χ0n) is 36.0. The van der Waals surface area contributed by atoms with Crippen molar-refractivity contribution in [3.05, 3.63) is 52.1 Å². The first kappa shape index (κ1) is 41.4. The maximum Gasteiger partial charge on any atom is 0.324 e. The molecule has 316 valence electrons. The number of carbonyl (C=O) groups excluding carboxylic acids is 3. The normalized spacial score (nSPS) is 24.0. The number of amides is 2. The number of fused-ring (bicyclic) bond motifs is 6. The minimum absolute atomic E-state index is 0.0829. The van der Waals surface area contributed by atoms with Crippen LogP contribution in [-0.4, -0.2) is 100 Å². The van der Waals surface area contributed by atoms with Crippen LogP contribution in [0.3, 0.4) is 0 Å². The number of piperazine rings is 1. The monoisotopic (exact) mass is 822 g/mol. The molecule has 6 bridgehead atoms. The maximum absolute atomic E-state index is 14.1. The van der Waals surface area contributed by atoms with Gasteiger partial charge in [0.05, 0.1) is 40.6 Å². The number of rotatable bonds is 8. The molecule has 3 fully saturated rings. The highest BCUT2D eigenvalue weighted by atomic mass is 32.1. The third-order valence-electron chi connectivity index (χ3n) is 12.8. The number of pyridine rings is 1. The van der Waals surface area contributed by atoms with Crippen molar-refractivity contribution >= 4 is 45.7 Å². The number of aryl methyl sites for hydroxylation is 1. The summed E-state index contributed by atoms with van der Waals surface area (Å²) in [5.41, 5.74) is 11.5. The predicted molar refractivity (Wildman–Crippen MR) is 234 cm³/mol. The Hall–Kier alpha value is -4.33. The predicted octanol–water partition coefficient (Wildman–Crippen LogP) is 6.81. The first-order chi connectivity index (χ1) is 28.3. The number of anilines is 1. The molecule has 8 rings (SSSR count). The number of cyclic esters (lactones) is 1. The third kappa shape index (κ3) is 8.65. The number of carbonyl (C=O) groups is 3. The summed E-state index contributed by atoms with van der Waals surface area (Å²) < 4.78 is 8.60. The third-order valence-corrected chi connectivity index (χ3v) is 13.6. The van der Waals surface area contributed by atoms with E-state index in [2.05, 4.69) is 109 Å². The molecule has 2 N–H and O–H groups in total. The van der Waals surface area contributed by atoms with E-state index in [9.17, 15) is 14.4 Å². The summed E-state index contributed by atoms with van der Waals surface area (Å²) >= 11 is 1.51. The lowest BCUT2D eigenvalue weighted by Crippen LogP contribution is -2.60. The number of esters is 1. The zero-order valence-corrected chi connectivity index (χ0v) is 36.8. The van der Waals surface area contributed by atoms with Gasteiger partial charge in [0.15, 0.2) is 0 Å². The van der Waals surface area contributed by atoms with Gasteiger partial charge in [-0.2, -0.15) is 0 Å². The van der Waals surface area contributed by atoms with Gasteiger partial charge in [0.1, 0.15) is 12.1 Å². The average Bonchev–Trinajstić information content (AvgIpc) is 3.65. The summed E-state index contributed by atoms with van der Waals surface area (Å²) in [6, 6.07) is 7.53. The molecule has 3 aliphatic heterocycles. The Kier molecular flexibility index (Phi) is 11.9. The molecular weight excluding hydrogens is 761 g/mol. The van der Waals surface area contributed by atoms with Gasteiger partial charge in [0.2, 0.25) is 5.91 Å². The van der Waals surface area contributed by atoms with Gasteiger partial charge >= 0.3 is 5.97 Å². The van der Waals surface area contributed by atoms with Crippen molar-refractivity contribution in [3.63, 3.8) is 0 Å². The standard InChI is InChI=1S/C46H62N8O4S/c1-8-14-51-16-18-52(19-17-51)31-22-34(41(28(3)4)47-25-31)42-35-24-46(6,7)27-58-45(57)36-11-10-15-54(50-36)44(56)37(49-43(55)32-20-29(32)5)23-40-48-38(26-59-40)30-12-13-39(33(35)21-30)53(42)9-2/h12-13,21-22,25-26,28-29,32,36-37,50H,8-11,14-20,23-24,27H2,1-7H3,(H,49,55)/t29-,32-,36-,37-/m0/s1. The molecule has 1 aliphatic carbocycles. The molecule has 0 unspecified atom stereocenters. The zero-order chi connectivity index (χ0) is 41.6. The molecule has 1 saturated carbocycles. The topological polar surface area (TPSA) is 125 Å². The van der Waals surface area contributed by atoms with E-state index >= 15 is 0 Å². The molecule has 59 heavy (non-hydrogen) atoms. The van der Waals surface area contributed by atoms with E-state index in [0.717, 1.165) is 96.2 Å².